The summed E-state index contributed by atoms with van der Waals surface area (Å²) in [5.41, 5.74) is -0.213. The van der Waals surface area contributed by atoms with Gasteiger partial charge in [0.25, 0.3) is 5.56 Å². The molecule has 4 nitrogen and oxygen atoms in total. The molecule has 0 aliphatic rings. The maximum absolute atomic E-state index is 11.9. The van der Waals surface area contributed by atoms with Gasteiger partial charge in [0, 0.05) is 0 Å². The van der Waals surface area contributed by atoms with Crippen molar-refractivity contribution in [3.8, 4) is 0 Å². The van der Waals surface area contributed by atoms with Gasteiger partial charge >= 0.3 is 5.97 Å². The van der Waals surface area contributed by atoms with Crippen LogP contribution >= 0.6 is 11.5 Å². The molecule has 1 unspecified atom stereocenters. The van der Waals surface area contributed by atoms with Gasteiger partial charge in [0.2, 0.25) is 0 Å². The minimum absolute atomic E-state index is 0.213. The van der Waals surface area contributed by atoms with Crippen LogP contribution in [0.2, 0.25) is 0 Å². The molecule has 0 saturated carbocycles. The number of aromatic nitrogens is 1. The summed E-state index contributed by atoms with van der Waals surface area (Å²) in [4.78, 5) is 23.0. The molecule has 1 N–H and O–H groups in total. The lowest BCUT2D eigenvalue weighted by Crippen LogP contribution is -2.24. The molecule has 0 aliphatic heterocycles. The zero-order chi connectivity index (χ0) is 11.7. The van der Waals surface area contributed by atoms with E-state index in [1.54, 1.807) is 19.1 Å². The zero-order valence-electron chi connectivity index (χ0n) is 8.71. The highest BCUT2D eigenvalue weighted by molar-refractivity contribution is 7.13. The monoisotopic (exact) mass is 237 g/mol. The second kappa shape index (κ2) is 4.09. The maximum atomic E-state index is 11.9. The molecule has 0 aliphatic carbocycles. The molecule has 0 saturated heterocycles. The Labute approximate surface area is 95.9 Å². The Morgan fingerprint density at radius 3 is 2.75 bits per heavy atom. The predicted molar refractivity (Wildman–Crippen MR) is 63.0 cm³/mol. The van der Waals surface area contributed by atoms with E-state index in [2.05, 4.69) is 0 Å². The molecule has 0 spiro atoms. The van der Waals surface area contributed by atoms with Crippen molar-refractivity contribution >= 4 is 27.6 Å². The molecule has 5 heteroatoms. The quantitative estimate of drug-likeness (QED) is 0.889. The first-order chi connectivity index (χ1) is 7.65. The van der Waals surface area contributed by atoms with Crippen LogP contribution in [0.1, 0.15) is 19.4 Å². The summed E-state index contributed by atoms with van der Waals surface area (Å²) in [5.74, 6) is -0.962. The molecule has 2 rings (SSSR count). The number of carboxylic acids is 1. The number of hydrogen-bond acceptors (Lipinski definition) is 3. The second-order valence-corrected chi connectivity index (χ2v) is 4.50. The Morgan fingerprint density at radius 2 is 2.19 bits per heavy atom. The van der Waals surface area contributed by atoms with Crippen molar-refractivity contribution in [2.75, 3.05) is 0 Å². The molecule has 1 atom stereocenters. The highest BCUT2D eigenvalue weighted by Crippen LogP contribution is 2.21. The second-order valence-electron chi connectivity index (χ2n) is 3.48. The van der Waals surface area contributed by atoms with Crippen LogP contribution in [0.25, 0.3) is 10.1 Å². The number of carboxylic acid groups (broad SMARTS) is 1. The maximum Gasteiger partial charge on any atom is 0.327 e. The van der Waals surface area contributed by atoms with Crippen LogP contribution in [0, 0.1) is 0 Å². The van der Waals surface area contributed by atoms with E-state index in [1.165, 1.54) is 15.5 Å². The van der Waals surface area contributed by atoms with Crippen LogP contribution in [0.3, 0.4) is 0 Å². The third-order valence-corrected chi connectivity index (χ3v) is 3.64. The van der Waals surface area contributed by atoms with Crippen molar-refractivity contribution in [3.63, 3.8) is 0 Å². The standard InChI is InChI=1S/C11H11NO3S/c1-2-8(11(14)15)12-10(13)7-5-3-4-6-9(7)16-12/h3-6,8H,2H2,1H3,(H,14,15). The minimum atomic E-state index is -0.962. The van der Waals surface area contributed by atoms with Crippen molar-refractivity contribution in [3.05, 3.63) is 34.6 Å². The summed E-state index contributed by atoms with van der Waals surface area (Å²) in [6.45, 7) is 1.76. The Bertz CT molecular complexity index is 584. The lowest BCUT2D eigenvalue weighted by atomic mass is 10.2. The van der Waals surface area contributed by atoms with E-state index in [0.29, 0.717) is 11.8 Å². The Kier molecular flexibility index (Phi) is 2.78. The van der Waals surface area contributed by atoms with E-state index in [1.807, 2.05) is 12.1 Å². The summed E-state index contributed by atoms with van der Waals surface area (Å²) < 4.78 is 2.17. The van der Waals surface area contributed by atoms with Crippen LogP contribution in [0.15, 0.2) is 29.1 Å². The van der Waals surface area contributed by atoms with Gasteiger partial charge in [-0.25, -0.2) is 8.75 Å². The van der Waals surface area contributed by atoms with Gasteiger partial charge in [-0.15, -0.1) is 0 Å². The third-order valence-electron chi connectivity index (χ3n) is 2.47. The van der Waals surface area contributed by atoms with Crippen LogP contribution in [-0.4, -0.2) is 15.0 Å². The molecule has 1 heterocycles. The first kappa shape index (κ1) is 10.9. The predicted octanol–water partition coefficient (Wildman–Crippen LogP) is 2.10. The Hall–Kier alpha value is -1.62. The fourth-order valence-corrected chi connectivity index (χ4v) is 2.79. The lowest BCUT2D eigenvalue weighted by Gasteiger charge is -2.08. The van der Waals surface area contributed by atoms with E-state index in [4.69, 9.17) is 5.11 Å². The van der Waals surface area contributed by atoms with Gasteiger partial charge in [-0.05, 0) is 18.6 Å². The first-order valence-electron chi connectivity index (χ1n) is 4.98. The molecule has 0 bridgehead atoms. The SMILES string of the molecule is CCC(C(=O)O)n1sc2ccccc2c1=O. The topological polar surface area (TPSA) is 59.3 Å². The number of hydrogen-bond donors (Lipinski definition) is 1. The molecule has 2 aromatic rings. The minimum Gasteiger partial charge on any atom is -0.480 e. The lowest BCUT2D eigenvalue weighted by molar-refractivity contribution is -0.140. The number of aliphatic carboxylic acids is 1. The van der Waals surface area contributed by atoms with E-state index in [0.717, 1.165) is 4.70 Å². The van der Waals surface area contributed by atoms with E-state index in [9.17, 15) is 9.59 Å². The molecular formula is C11H11NO3S. The third kappa shape index (κ3) is 1.63. The summed E-state index contributed by atoms with van der Waals surface area (Å²) in [7, 11) is 0. The number of nitrogens with zero attached hydrogens (tertiary/aromatic N) is 1. The molecule has 0 amide bonds. The van der Waals surface area contributed by atoms with Gasteiger partial charge in [0.05, 0.1) is 10.1 Å². The fourth-order valence-electron chi connectivity index (χ4n) is 1.63. The number of carbonyl (C=O) groups is 1. The molecule has 16 heavy (non-hydrogen) atoms. The van der Waals surface area contributed by atoms with Crippen molar-refractivity contribution in [2.24, 2.45) is 0 Å². The highest BCUT2D eigenvalue weighted by Gasteiger charge is 2.21. The van der Waals surface area contributed by atoms with Crippen molar-refractivity contribution < 1.29 is 9.90 Å². The van der Waals surface area contributed by atoms with Crippen molar-refractivity contribution in [1.82, 2.24) is 3.96 Å². The summed E-state index contributed by atoms with van der Waals surface area (Å²) in [5, 5.41) is 9.61. The van der Waals surface area contributed by atoms with Crippen LogP contribution in [0.4, 0.5) is 0 Å². The van der Waals surface area contributed by atoms with Crippen LogP contribution in [0.5, 0.6) is 0 Å². The summed E-state index contributed by atoms with van der Waals surface area (Å²) in [6, 6.07) is 6.41. The van der Waals surface area contributed by atoms with Gasteiger partial charge in [-0.3, -0.25) is 4.79 Å². The molecule has 1 aromatic heterocycles. The van der Waals surface area contributed by atoms with E-state index in [-0.39, 0.29) is 5.56 Å². The molecule has 0 fully saturated rings. The zero-order valence-corrected chi connectivity index (χ0v) is 9.53. The van der Waals surface area contributed by atoms with Gasteiger partial charge < -0.3 is 5.11 Å². The highest BCUT2D eigenvalue weighted by atomic mass is 32.1. The summed E-state index contributed by atoms with van der Waals surface area (Å²) in [6.07, 6.45) is 0.405. The Balaban J connectivity index is 2.65. The van der Waals surface area contributed by atoms with Crippen LogP contribution in [-0.2, 0) is 4.79 Å². The fraction of sp³-hybridized carbons (Fsp3) is 0.273. The molecule has 84 valence electrons. The molecule has 0 radical (unpaired) electrons. The summed E-state index contributed by atoms with van der Waals surface area (Å²) >= 11 is 1.21. The average molecular weight is 237 g/mol. The number of rotatable bonds is 3. The smallest absolute Gasteiger partial charge is 0.327 e. The van der Waals surface area contributed by atoms with Gasteiger partial charge in [-0.1, -0.05) is 30.6 Å². The molecular weight excluding hydrogens is 226 g/mol. The first-order valence-corrected chi connectivity index (χ1v) is 5.76. The average Bonchev–Trinajstić information content (AvgIpc) is 2.58. The van der Waals surface area contributed by atoms with E-state index >= 15 is 0 Å². The van der Waals surface area contributed by atoms with Gasteiger partial charge in [-0.2, -0.15) is 0 Å². The van der Waals surface area contributed by atoms with Crippen molar-refractivity contribution in [1.29, 1.82) is 0 Å². The molecule has 1 aromatic carbocycles. The van der Waals surface area contributed by atoms with Crippen LogP contribution < -0.4 is 5.56 Å². The number of benzene rings is 1. The largest absolute Gasteiger partial charge is 0.480 e. The normalized spacial score (nSPS) is 12.8. The van der Waals surface area contributed by atoms with Crippen molar-refractivity contribution in [2.45, 2.75) is 19.4 Å². The Morgan fingerprint density at radius 1 is 1.50 bits per heavy atom. The number of fused-ring (bicyclic) bond motifs is 1. The van der Waals surface area contributed by atoms with Gasteiger partial charge in [0.1, 0.15) is 6.04 Å². The van der Waals surface area contributed by atoms with E-state index < -0.39 is 12.0 Å². The van der Waals surface area contributed by atoms with Gasteiger partial charge in [0.15, 0.2) is 0 Å².